The van der Waals surface area contributed by atoms with Gasteiger partial charge in [-0.15, -0.1) is 0 Å². The SMILES string of the molecule is C[C@H](NC(=O)NCC1CCC1)C(=O)NCc1ccccc1. The molecule has 1 aliphatic rings. The van der Waals surface area contributed by atoms with Crippen molar-refractivity contribution in [3.8, 4) is 0 Å². The Kier molecular flexibility index (Phi) is 5.60. The Bertz CT molecular complexity index is 472. The standard InChI is InChI=1S/C16H23N3O2/c1-12(19-16(21)18-11-14-8-5-9-14)15(20)17-10-13-6-3-2-4-7-13/h2-4,6-7,12,14H,5,8-11H2,1H3,(H,17,20)(H2,18,19,21)/t12-/m0/s1. The topological polar surface area (TPSA) is 70.2 Å². The molecule has 1 fully saturated rings. The van der Waals surface area contributed by atoms with Crippen LogP contribution in [0.3, 0.4) is 0 Å². The van der Waals surface area contributed by atoms with E-state index in [9.17, 15) is 9.59 Å². The van der Waals surface area contributed by atoms with E-state index in [1.54, 1.807) is 6.92 Å². The lowest BCUT2D eigenvalue weighted by molar-refractivity contribution is -0.122. The monoisotopic (exact) mass is 289 g/mol. The second-order valence-electron chi connectivity index (χ2n) is 5.58. The highest BCUT2D eigenvalue weighted by atomic mass is 16.2. The molecule has 0 heterocycles. The molecule has 0 aliphatic heterocycles. The van der Waals surface area contributed by atoms with E-state index in [0.29, 0.717) is 19.0 Å². The van der Waals surface area contributed by atoms with Crippen LogP contribution in [0.4, 0.5) is 4.79 Å². The van der Waals surface area contributed by atoms with E-state index in [0.717, 1.165) is 5.56 Å². The second kappa shape index (κ2) is 7.67. The highest BCUT2D eigenvalue weighted by molar-refractivity contribution is 5.86. The summed E-state index contributed by atoms with van der Waals surface area (Å²) in [4.78, 5) is 23.6. The molecule has 114 valence electrons. The van der Waals surface area contributed by atoms with E-state index in [4.69, 9.17) is 0 Å². The van der Waals surface area contributed by atoms with Crippen molar-refractivity contribution in [1.29, 1.82) is 0 Å². The van der Waals surface area contributed by atoms with Gasteiger partial charge in [-0.3, -0.25) is 4.79 Å². The minimum absolute atomic E-state index is 0.183. The van der Waals surface area contributed by atoms with Gasteiger partial charge in [-0.05, 0) is 31.2 Å². The summed E-state index contributed by atoms with van der Waals surface area (Å²) < 4.78 is 0. The highest BCUT2D eigenvalue weighted by Crippen LogP contribution is 2.24. The largest absolute Gasteiger partial charge is 0.350 e. The van der Waals surface area contributed by atoms with Crippen molar-refractivity contribution in [2.45, 2.75) is 38.8 Å². The quantitative estimate of drug-likeness (QED) is 0.747. The number of hydrogen-bond acceptors (Lipinski definition) is 2. The van der Waals surface area contributed by atoms with E-state index in [-0.39, 0.29) is 11.9 Å². The summed E-state index contributed by atoms with van der Waals surface area (Å²) in [6.07, 6.45) is 3.63. The van der Waals surface area contributed by atoms with Gasteiger partial charge < -0.3 is 16.0 Å². The normalized spacial score (nSPS) is 15.7. The van der Waals surface area contributed by atoms with Gasteiger partial charge in [0.15, 0.2) is 0 Å². The molecule has 21 heavy (non-hydrogen) atoms. The van der Waals surface area contributed by atoms with E-state index in [1.807, 2.05) is 30.3 Å². The summed E-state index contributed by atoms with van der Waals surface area (Å²) in [6.45, 7) is 2.85. The van der Waals surface area contributed by atoms with Crippen molar-refractivity contribution in [3.63, 3.8) is 0 Å². The maximum Gasteiger partial charge on any atom is 0.315 e. The van der Waals surface area contributed by atoms with Crippen molar-refractivity contribution in [1.82, 2.24) is 16.0 Å². The van der Waals surface area contributed by atoms with Crippen molar-refractivity contribution in [3.05, 3.63) is 35.9 Å². The molecule has 5 heteroatoms. The summed E-state index contributed by atoms with van der Waals surface area (Å²) in [7, 11) is 0. The first-order valence-corrected chi connectivity index (χ1v) is 7.51. The lowest BCUT2D eigenvalue weighted by atomic mass is 9.85. The molecular formula is C16H23N3O2. The minimum atomic E-state index is -0.546. The van der Waals surface area contributed by atoms with Crippen LogP contribution in [-0.4, -0.2) is 24.5 Å². The van der Waals surface area contributed by atoms with Gasteiger partial charge in [0, 0.05) is 13.1 Å². The van der Waals surface area contributed by atoms with Crippen LogP contribution in [0.2, 0.25) is 0 Å². The van der Waals surface area contributed by atoms with Gasteiger partial charge in [0.1, 0.15) is 6.04 Å². The van der Waals surface area contributed by atoms with Gasteiger partial charge in [0.2, 0.25) is 5.91 Å². The zero-order chi connectivity index (χ0) is 15.1. The third-order valence-electron chi connectivity index (χ3n) is 3.83. The predicted molar refractivity (Wildman–Crippen MR) is 81.6 cm³/mol. The molecule has 0 bridgehead atoms. The van der Waals surface area contributed by atoms with Crippen LogP contribution in [0.25, 0.3) is 0 Å². The van der Waals surface area contributed by atoms with E-state index in [1.165, 1.54) is 19.3 Å². The fourth-order valence-electron chi connectivity index (χ4n) is 2.19. The summed E-state index contributed by atoms with van der Waals surface area (Å²) in [5.41, 5.74) is 1.03. The Morgan fingerprint density at radius 2 is 1.90 bits per heavy atom. The number of amides is 3. The Hall–Kier alpha value is -2.04. The summed E-state index contributed by atoms with van der Waals surface area (Å²) in [5.74, 6) is 0.426. The van der Waals surface area contributed by atoms with Gasteiger partial charge in [-0.2, -0.15) is 0 Å². The molecular weight excluding hydrogens is 266 g/mol. The Morgan fingerprint density at radius 1 is 1.19 bits per heavy atom. The summed E-state index contributed by atoms with van der Waals surface area (Å²) >= 11 is 0. The molecule has 2 rings (SSSR count). The van der Waals surface area contributed by atoms with E-state index in [2.05, 4.69) is 16.0 Å². The number of hydrogen-bond donors (Lipinski definition) is 3. The molecule has 5 nitrogen and oxygen atoms in total. The zero-order valence-electron chi connectivity index (χ0n) is 12.4. The second-order valence-corrected chi connectivity index (χ2v) is 5.58. The lowest BCUT2D eigenvalue weighted by Gasteiger charge is -2.25. The molecule has 1 atom stereocenters. The predicted octanol–water partition coefficient (Wildman–Crippen LogP) is 1.79. The fraction of sp³-hybridized carbons (Fsp3) is 0.500. The molecule has 0 aromatic heterocycles. The van der Waals surface area contributed by atoms with Crippen LogP contribution < -0.4 is 16.0 Å². The molecule has 0 radical (unpaired) electrons. The molecule has 0 saturated heterocycles. The van der Waals surface area contributed by atoms with Gasteiger partial charge in [-0.1, -0.05) is 36.8 Å². The Labute approximate surface area is 125 Å². The van der Waals surface area contributed by atoms with Crippen molar-refractivity contribution in [2.75, 3.05) is 6.54 Å². The van der Waals surface area contributed by atoms with Gasteiger partial charge in [0.25, 0.3) is 0 Å². The molecule has 0 spiro atoms. The number of carbonyl (C=O) groups excluding carboxylic acids is 2. The summed E-state index contributed by atoms with van der Waals surface area (Å²) in [6, 6.07) is 8.86. The van der Waals surface area contributed by atoms with Crippen LogP contribution in [-0.2, 0) is 11.3 Å². The van der Waals surface area contributed by atoms with Crippen molar-refractivity contribution < 1.29 is 9.59 Å². The first-order chi connectivity index (χ1) is 10.1. The average molecular weight is 289 g/mol. The third kappa shape index (κ3) is 5.10. The third-order valence-corrected chi connectivity index (χ3v) is 3.83. The molecule has 1 aromatic carbocycles. The number of rotatable bonds is 6. The number of benzene rings is 1. The number of nitrogens with one attached hydrogen (secondary N) is 3. The van der Waals surface area contributed by atoms with Crippen LogP contribution in [0.1, 0.15) is 31.7 Å². The maximum absolute atomic E-state index is 11.9. The first kappa shape index (κ1) is 15.4. The van der Waals surface area contributed by atoms with Gasteiger partial charge >= 0.3 is 6.03 Å². The first-order valence-electron chi connectivity index (χ1n) is 7.51. The highest BCUT2D eigenvalue weighted by Gasteiger charge is 2.19. The van der Waals surface area contributed by atoms with Crippen LogP contribution in [0.5, 0.6) is 0 Å². The fourth-order valence-corrected chi connectivity index (χ4v) is 2.19. The molecule has 0 unspecified atom stereocenters. The maximum atomic E-state index is 11.9. The number of urea groups is 1. The molecule has 1 aliphatic carbocycles. The lowest BCUT2D eigenvalue weighted by Crippen LogP contribution is -2.49. The summed E-state index contributed by atoms with van der Waals surface area (Å²) in [5, 5.41) is 8.28. The molecule has 1 aromatic rings. The molecule has 1 saturated carbocycles. The smallest absolute Gasteiger partial charge is 0.315 e. The average Bonchev–Trinajstić information content (AvgIpc) is 2.44. The Morgan fingerprint density at radius 3 is 2.52 bits per heavy atom. The molecule has 3 N–H and O–H groups in total. The van der Waals surface area contributed by atoms with Crippen molar-refractivity contribution >= 4 is 11.9 Å². The van der Waals surface area contributed by atoms with E-state index >= 15 is 0 Å². The van der Waals surface area contributed by atoms with Crippen LogP contribution in [0, 0.1) is 5.92 Å². The van der Waals surface area contributed by atoms with Gasteiger partial charge in [-0.25, -0.2) is 4.79 Å². The molecule has 3 amide bonds. The zero-order valence-corrected chi connectivity index (χ0v) is 12.4. The minimum Gasteiger partial charge on any atom is -0.350 e. The Balaban J connectivity index is 1.65. The number of carbonyl (C=O) groups is 2. The van der Waals surface area contributed by atoms with Crippen LogP contribution in [0.15, 0.2) is 30.3 Å². The van der Waals surface area contributed by atoms with Crippen LogP contribution >= 0.6 is 0 Å². The van der Waals surface area contributed by atoms with Crippen molar-refractivity contribution in [2.24, 2.45) is 5.92 Å². The van der Waals surface area contributed by atoms with E-state index < -0.39 is 6.04 Å². The van der Waals surface area contributed by atoms with Gasteiger partial charge in [0.05, 0.1) is 0 Å².